The third-order valence-corrected chi connectivity index (χ3v) is 4.02. The van der Waals surface area contributed by atoms with Crippen LogP contribution in [0.3, 0.4) is 0 Å². The molecule has 5 nitrogen and oxygen atoms in total. The highest BCUT2D eigenvalue weighted by Gasteiger charge is 2.46. The van der Waals surface area contributed by atoms with Crippen molar-refractivity contribution in [3.63, 3.8) is 0 Å². The Labute approximate surface area is 100 Å². The lowest BCUT2D eigenvalue weighted by atomic mass is 10.0. The van der Waals surface area contributed by atoms with Crippen LogP contribution in [0.5, 0.6) is 0 Å². The van der Waals surface area contributed by atoms with Crippen molar-refractivity contribution in [2.24, 2.45) is 0 Å². The number of benzene rings is 1. The van der Waals surface area contributed by atoms with E-state index >= 15 is 0 Å². The van der Waals surface area contributed by atoms with Crippen LogP contribution in [0, 0.1) is 0 Å². The van der Waals surface area contributed by atoms with E-state index in [0.717, 1.165) is 14.0 Å². The lowest BCUT2D eigenvalue weighted by Gasteiger charge is -2.23. The van der Waals surface area contributed by atoms with Crippen molar-refractivity contribution < 1.29 is 22.5 Å². The Balaban J connectivity index is 3.15. The molecule has 1 aromatic rings. The topological polar surface area (TPSA) is 80.7 Å². The summed E-state index contributed by atoms with van der Waals surface area (Å²) in [7, 11) is -3.47. The third-order valence-electron chi connectivity index (χ3n) is 2.57. The standard InChI is InChI=1S/C11H14O5S/c1-11(10(12)16-2,17(13,14)15)8-9-6-4-3-5-7-9/h3-7H,8H2,1-2H3,(H,13,14,15). The van der Waals surface area contributed by atoms with E-state index in [0.29, 0.717) is 5.56 Å². The van der Waals surface area contributed by atoms with E-state index in [1.165, 1.54) is 0 Å². The summed E-state index contributed by atoms with van der Waals surface area (Å²) >= 11 is 0. The predicted octanol–water partition coefficient (Wildman–Crippen LogP) is 1.05. The zero-order chi connectivity index (χ0) is 13.1. The molecule has 0 saturated carbocycles. The monoisotopic (exact) mass is 258 g/mol. The number of hydrogen-bond donors (Lipinski definition) is 1. The van der Waals surface area contributed by atoms with Gasteiger partial charge in [0.05, 0.1) is 7.11 Å². The molecule has 0 aliphatic heterocycles. The van der Waals surface area contributed by atoms with Gasteiger partial charge in [0.1, 0.15) is 0 Å². The van der Waals surface area contributed by atoms with E-state index in [4.69, 9.17) is 0 Å². The van der Waals surface area contributed by atoms with Gasteiger partial charge in [-0.15, -0.1) is 0 Å². The number of carbonyl (C=O) groups excluding carboxylic acids is 1. The maximum atomic E-state index is 11.5. The first kappa shape index (κ1) is 13.7. The quantitative estimate of drug-likeness (QED) is 0.645. The van der Waals surface area contributed by atoms with Gasteiger partial charge in [-0.2, -0.15) is 8.42 Å². The second-order valence-corrected chi connectivity index (χ2v) is 5.71. The van der Waals surface area contributed by atoms with Gasteiger partial charge in [0.25, 0.3) is 10.1 Å². The fourth-order valence-corrected chi connectivity index (χ4v) is 2.11. The first-order valence-corrected chi connectivity index (χ1v) is 6.34. The van der Waals surface area contributed by atoms with Crippen LogP contribution in [0.15, 0.2) is 30.3 Å². The number of methoxy groups -OCH3 is 1. The lowest BCUT2D eigenvalue weighted by Crippen LogP contribution is -2.46. The molecule has 1 N–H and O–H groups in total. The summed E-state index contributed by atoms with van der Waals surface area (Å²) in [5, 5.41) is 0. The summed E-state index contributed by atoms with van der Waals surface area (Å²) in [4.78, 5) is 11.5. The number of ether oxygens (including phenoxy) is 1. The van der Waals surface area contributed by atoms with E-state index in [-0.39, 0.29) is 6.42 Å². The highest BCUT2D eigenvalue weighted by atomic mass is 32.2. The normalized spacial score (nSPS) is 15.0. The van der Waals surface area contributed by atoms with Gasteiger partial charge in [-0.1, -0.05) is 30.3 Å². The van der Waals surface area contributed by atoms with Crippen LogP contribution < -0.4 is 0 Å². The van der Waals surface area contributed by atoms with E-state index in [1.807, 2.05) is 0 Å². The maximum absolute atomic E-state index is 11.5. The SMILES string of the molecule is COC(=O)C(C)(Cc1ccccc1)S(=O)(=O)O. The predicted molar refractivity (Wildman–Crippen MR) is 62.1 cm³/mol. The smallest absolute Gasteiger partial charge is 0.329 e. The minimum atomic E-state index is -4.55. The van der Waals surface area contributed by atoms with Crippen LogP contribution in [0.25, 0.3) is 0 Å². The molecule has 0 radical (unpaired) electrons. The van der Waals surface area contributed by atoms with Gasteiger partial charge in [0.15, 0.2) is 4.75 Å². The molecule has 17 heavy (non-hydrogen) atoms. The molecule has 6 heteroatoms. The fraction of sp³-hybridized carbons (Fsp3) is 0.364. The summed E-state index contributed by atoms with van der Waals surface area (Å²) in [5.74, 6) is -0.983. The molecule has 0 amide bonds. The average Bonchev–Trinajstić information content (AvgIpc) is 2.27. The van der Waals surface area contributed by atoms with Crippen LogP contribution in [0.2, 0.25) is 0 Å². The molecule has 94 valence electrons. The van der Waals surface area contributed by atoms with Gasteiger partial charge in [-0.05, 0) is 12.5 Å². The van der Waals surface area contributed by atoms with Gasteiger partial charge >= 0.3 is 5.97 Å². The second kappa shape index (κ2) is 4.85. The zero-order valence-electron chi connectivity index (χ0n) is 9.58. The van der Waals surface area contributed by atoms with E-state index < -0.39 is 20.8 Å². The van der Waals surface area contributed by atoms with Crippen LogP contribution >= 0.6 is 0 Å². The van der Waals surface area contributed by atoms with E-state index in [9.17, 15) is 17.8 Å². The lowest BCUT2D eigenvalue weighted by molar-refractivity contribution is -0.143. The van der Waals surface area contributed by atoms with Crippen molar-refractivity contribution in [2.75, 3.05) is 7.11 Å². The number of esters is 1. The minimum Gasteiger partial charge on any atom is -0.468 e. The van der Waals surface area contributed by atoms with Gasteiger partial charge in [0.2, 0.25) is 0 Å². The second-order valence-electron chi connectivity index (χ2n) is 3.86. The van der Waals surface area contributed by atoms with Crippen LogP contribution in [0.4, 0.5) is 0 Å². The van der Waals surface area contributed by atoms with Crippen LogP contribution in [-0.2, 0) is 26.1 Å². The highest BCUT2D eigenvalue weighted by Crippen LogP contribution is 2.23. The Bertz CT molecular complexity index is 494. The first-order chi connectivity index (χ1) is 7.81. The Hall–Kier alpha value is -1.40. The number of hydrogen-bond acceptors (Lipinski definition) is 4. The summed E-state index contributed by atoms with van der Waals surface area (Å²) in [5.41, 5.74) is 0.623. The van der Waals surface area contributed by atoms with Crippen molar-refractivity contribution in [3.8, 4) is 0 Å². The summed E-state index contributed by atoms with van der Waals surface area (Å²) in [6.45, 7) is 1.14. The summed E-state index contributed by atoms with van der Waals surface area (Å²) in [6.07, 6.45) is -0.140. The minimum absolute atomic E-state index is 0.140. The molecule has 1 unspecified atom stereocenters. The van der Waals surface area contributed by atoms with Crippen molar-refractivity contribution in [1.82, 2.24) is 0 Å². The summed E-state index contributed by atoms with van der Waals surface area (Å²) < 4.78 is 34.2. The molecular formula is C11H14O5S. The molecule has 0 spiro atoms. The van der Waals surface area contributed by atoms with Gasteiger partial charge in [0, 0.05) is 6.42 Å². The maximum Gasteiger partial charge on any atom is 0.329 e. The number of rotatable bonds is 4. The van der Waals surface area contributed by atoms with Crippen LogP contribution in [0.1, 0.15) is 12.5 Å². The molecule has 1 rings (SSSR count). The molecular weight excluding hydrogens is 244 g/mol. The zero-order valence-corrected chi connectivity index (χ0v) is 10.4. The fourth-order valence-electron chi connectivity index (χ4n) is 1.47. The molecule has 0 saturated heterocycles. The van der Waals surface area contributed by atoms with Crippen molar-refractivity contribution in [1.29, 1.82) is 0 Å². The molecule has 0 fully saturated rings. The summed E-state index contributed by atoms with van der Waals surface area (Å²) in [6, 6.07) is 8.55. The molecule has 0 bridgehead atoms. The Morgan fingerprint density at radius 1 is 1.35 bits per heavy atom. The van der Waals surface area contributed by atoms with Crippen molar-refractivity contribution in [2.45, 2.75) is 18.1 Å². The third kappa shape index (κ3) is 2.83. The Morgan fingerprint density at radius 2 is 1.88 bits per heavy atom. The van der Waals surface area contributed by atoms with E-state index in [2.05, 4.69) is 4.74 Å². The molecule has 0 aliphatic rings. The Morgan fingerprint density at radius 3 is 2.29 bits per heavy atom. The van der Waals surface area contributed by atoms with Crippen LogP contribution in [-0.4, -0.2) is 30.8 Å². The van der Waals surface area contributed by atoms with Gasteiger partial charge in [-0.3, -0.25) is 9.35 Å². The molecule has 1 aromatic carbocycles. The molecule has 0 aromatic heterocycles. The average molecular weight is 258 g/mol. The van der Waals surface area contributed by atoms with Crippen molar-refractivity contribution >= 4 is 16.1 Å². The largest absolute Gasteiger partial charge is 0.468 e. The number of carbonyl (C=O) groups is 1. The van der Waals surface area contributed by atoms with E-state index in [1.54, 1.807) is 30.3 Å². The highest BCUT2D eigenvalue weighted by molar-refractivity contribution is 7.88. The van der Waals surface area contributed by atoms with Crippen molar-refractivity contribution in [3.05, 3.63) is 35.9 Å². The first-order valence-electron chi connectivity index (χ1n) is 4.90. The van der Waals surface area contributed by atoms with Gasteiger partial charge in [-0.25, -0.2) is 0 Å². The van der Waals surface area contributed by atoms with Gasteiger partial charge < -0.3 is 4.74 Å². The molecule has 0 heterocycles. The molecule has 1 atom stereocenters. The molecule has 0 aliphatic carbocycles. The Kier molecular flexibility index (Phi) is 3.90.